The van der Waals surface area contributed by atoms with E-state index in [0.717, 1.165) is 11.8 Å². The number of esters is 4. The van der Waals surface area contributed by atoms with Crippen LogP contribution in [-0.4, -0.2) is 90.0 Å². The van der Waals surface area contributed by atoms with Gasteiger partial charge in [0, 0.05) is 23.9 Å². The Morgan fingerprint density at radius 3 is 1.88 bits per heavy atom. The molecule has 0 spiro atoms. The van der Waals surface area contributed by atoms with Crippen LogP contribution in [0.25, 0.3) is 0 Å². The van der Waals surface area contributed by atoms with Crippen molar-refractivity contribution in [2.75, 3.05) is 40.6 Å². The van der Waals surface area contributed by atoms with Gasteiger partial charge in [-0.3, -0.25) is 20.2 Å². The zero-order valence-electron chi connectivity index (χ0n) is 26.9. The van der Waals surface area contributed by atoms with E-state index in [1.165, 1.54) is 25.0 Å². The van der Waals surface area contributed by atoms with Gasteiger partial charge in [-0.25, -0.2) is 19.2 Å². The van der Waals surface area contributed by atoms with Crippen molar-refractivity contribution in [3.05, 3.63) is 79.2 Å². The summed E-state index contributed by atoms with van der Waals surface area (Å²) in [6.45, 7) is 10.3. The molecule has 2 aromatic rings. The number of aromatic amines is 1. The van der Waals surface area contributed by atoms with Crippen LogP contribution in [0.1, 0.15) is 80.9 Å². The number of methoxy groups -OCH3 is 2. The number of aromatic nitrogens is 2. The molecule has 0 bridgehead atoms. The Labute approximate surface area is 279 Å². The van der Waals surface area contributed by atoms with Gasteiger partial charge in [-0.05, 0) is 64.8 Å². The molecule has 48 heavy (non-hydrogen) atoms. The fourth-order valence-electron chi connectivity index (χ4n) is 3.46. The molecule has 18 nitrogen and oxygen atoms in total. The number of nitrogens with one attached hydrogen (secondary N) is 1. The molecule has 2 atom stereocenters. The highest BCUT2D eigenvalue weighted by atomic mass is 16.6. The van der Waals surface area contributed by atoms with Gasteiger partial charge in [-0.1, -0.05) is 14.9 Å². The number of carbonyl (C=O) groups excluding carboxylic acids is 4. The van der Waals surface area contributed by atoms with E-state index in [9.17, 15) is 39.4 Å². The van der Waals surface area contributed by atoms with E-state index in [1.807, 2.05) is 13.0 Å². The van der Waals surface area contributed by atoms with Crippen molar-refractivity contribution in [3.8, 4) is 0 Å². The second kappa shape index (κ2) is 24.9. The molecule has 0 aliphatic rings. The van der Waals surface area contributed by atoms with Crippen molar-refractivity contribution in [2.45, 2.75) is 68.7 Å². The molecular weight excluding hydrogens is 640 g/mol. The van der Waals surface area contributed by atoms with Crippen LogP contribution in [-0.2, 0) is 38.0 Å². The predicted octanol–water partition coefficient (Wildman–Crippen LogP) is 4.41. The Balaban J connectivity index is -0.000000687. The summed E-state index contributed by atoms with van der Waals surface area (Å²) in [6, 6.07) is 1.61. The molecule has 2 rings (SSSR count). The van der Waals surface area contributed by atoms with Gasteiger partial charge in [0.25, 0.3) is 0 Å². The lowest BCUT2D eigenvalue weighted by Crippen LogP contribution is -2.41. The first kappa shape index (κ1) is 47.2. The number of rotatable bonds is 14. The fourth-order valence-corrected chi connectivity index (χ4v) is 3.46. The number of hydrogen-bond donors (Lipinski definition) is 1. The zero-order chi connectivity index (χ0) is 35.4. The summed E-state index contributed by atoms with van der Waals surface area (Å²) in [5, 5.41) is 21.6. The highest BCUT2D eigenvalue weighted by Crippen LogP contribution is 2.24. The summed E-state index contributed by atoms with van der Waals surface area (Å²) in [5.74, 6) is -3.01. The van der Waals surface area contributed by atoms with Crippen molar-refractivity contribution >= 4 is 23.9 Å². The van der Waals surface area contributed by atoms with Crippen molar-refractivity contribution in [1.29, 1.82) is 0 Å². The van der Waals surface area contributed by atoms with Gasteiger partial charge in [0.2, 0.25) is 6.23 Å². The van der Waals surface area contributed by atoms with Gasteiger partial charge in [0.05, 0.1) is 39.0 Å². The molecule has 2 heterocycles. The van der Waals surface area contributed by atoms with Gasteiger partial charge >= 0.3 is 35.6 Å². The lowest BCUT2D eigenvalue weighted by Gasteiger charge is -2.22. The number of carbonyl (C=O) groups is 4. The molecule has 1 N–H and O–H groups in total. The second-order valence-corrected chi connectivity index (χ2v) is 8.54. The molecule has 0 saturated heterocycles. The van der Waals surface area contributed by atoms with Crippen LogP contribution in [0.4, 0.5) is 0 Å². The molecule has 18 heteroatoms. The first-order chi connectivity index (χ1) is 21.8. The third-order valence-corrected chi connectivity index (χ3v) is 5.52. The number of nitro groups is 2. The van der Waals surface area contributed by atoms with Gasteiger partial charge in [-0.2, -0.15) is 0 Å². The molecule has 2 unspecified atom stereocenters. The van der Waals surface area contributed by atoms with Crippen LogP contribution in [0.5, 0.6) is 0 Å². The summed E-state index contributed by atoms with van der Waals surface area (Å²) in [5.41, 5.74) is 1.38. The topological polar surface area (TPSA) is 231 Å². The number of hydrogen-bond acceptors (Lipinski definition) is 14. The Hall–Kier alpha value is -5.26. The van der Waals surface area contributed by atoms with E-state index < -0.39 is 45.7 Å². The third-order valence-electron chi connectivity index (χ3n) is 5.52. The van der Waals surface area contributed by atoms with E-state index >= 15 is 0 Å². The molecule has 0 saturated carbocycles. The number of ether oxygens (including phenoxy) is 6. The second-order valence-electron chi connectivity index (χ2n) is 8.54. The largest absolute Gasteiger partial charge is 0.494 e. The van der Waals surface area contributed by atoms with E-state index in [4.69, 9.17) is 14.2 Å². The molecule has 0 aromatic carbocycles. The summed E-state index contributed by atoms with van der Waals surface area (Å²) in [6.07, 6.45) is 2.62. The smallest absolute Gasteiger partial charge is 0.413 e. The lowest BCUT2D eigenvalue weighted by atomic mass is 10.2. The van der Waals surface area contributed by atoms with Crippen molar-refractivity contribution < 1.29 is 57.4 Å². The number of nitrogens with zero attached hydrogens (tertiary/aromatic N) is 3. The average molecular weight is 689 g/mol. The quantitative estimate of drug-likeness (QED) is 0.0723. The summed E-state index contributed by atoms with van der Waals surface area (Å²) in [7, 11) is 2.56. The molecular formula is C30H48N4O14. The van der Waals surface area contributed by atoms with Crippen molar-refractivity contribution in [1.82, 2.24) is 9.55 Å². The van der Waals surface area contributed by atoms with Crippen LogP contribution in [0.2, 0.25) is 0 Å². The minimum atomic E-state index is -1.80. The monoisotopic (exact) mass is 688 g/mol. The zero-order valence-corrected chi connectivity index (χ0v) is 26.9. The highest BCUT2D eigenvalue weighted by Gasteiger charge is 2.43. The normalized spacial score (nSPS) is 11.2. The Morgan fingerprint density at radius 2 is 1.46 bits per heavy atom. The minimum Gasteiger partial charge on any atom is -0.494 e. The Kier molecular flexibility index (Phi) is 24.5. The molecule has 0 radical (unpaired) electrons. The maximum absolute atomic E-state index is 12.0. The Bertz CT molecular complexity index is 1350. The number of aryl methyl sites for hydroxylation is 2. The Morgan fingerprint density at radius 1 is 0.875 bits per heavy atom. The first-order valence-corrected chi connectivity index (χ1v) is 13.8. The van der Waals surface area contributed by atoms with Gasteiger partial charge in [0.15, 0.2) is 6.26 Å². The molecule has 0 amide bonds. The minimum absolute atomic E-state index is 0. The van der Waals surface area contributed by atoms with Gasteiger partial charge in [0.1, 0.15) is 11.4 Å². The van der Waals surface area contributed by atoms with Gasteiger partial charge < -0.3 is 38.0 Å². The predicted molar refractivity (Wildman–Crippen MR) is 172 cm³/mol. The summed E-state index contributed by atoms with van der Waals surface area (Å²) >= 11 is 0. The maximum atomic E-state index is 12.0. The van der Waals surface area contributed by atoms with E-state index in [0.29, 0.717) is 11.3 Å². The third kappa shape index (κ3) is 14.4. The average Bonchev–Trinajstić information content (AvgIpc) is 3.62. The molecule has 0 aliphatic carbocycles. The van der Waals surface area contributed by atoms with Crippen LogP contribution < -0.4 is 0 Å². The SMILES string of the molecule is C.C.CCO/C=C(/C(=O)OCC)[N+](=O)[O-].CCOC(=O)C(C(OCC)n1ccc(C)c1C(=O)OC)[N+](=O)[O-].COC(=O)c1[nH]ccc1C. The lowest BCUT2D eigenvalue weighted by molar-refractivity contribution is -0.529. The maximum Gasteiger partial charge on any atom is 0.413 e. The number of H-pyrrole nitrogens is 1. The van der Waals surface area contributed by atoms with Crippen LogP contribution >= 0.6 is 0 Å². The highest BCUT2D eigenvalue weighted by molar-refractivity contribution is 5.89. The van der Waals surface area contributed by atoms with E-state index in [1.54, 1.807) is 46.9 Å². The van der Waals surface area contributed by atoms with Gasteiger partial charge in [-0.15, -0.1) is 0 Å². The fraction of sp³-hybridized carbons (Fsp3) is 0.533. The van der Waals surface area contributed by atoms with E-state index in [-0.39, 0.29) is 52.9 Å². The van der Waals surface area contributed by atoms with Crippen LogP contribution in [0.3, 0.4) is 0 Å². The first-order valence-electron chi connectivity index (χ1n) is 13.8. The van der Waals surface area contributed by atoms with Crippen LogP contribution in [0.15, 0.2) is 36.5 Å². The molecule has 272 valence electrons. The van der Waals surface area contributed by atoms with Crippen molar-refractivity contribution in [2.24, 2.45) is 0 Å². The van der Waals surface area contributed by atoms with E-state index in [2.05, 4.69) is 19.2 Å². The van der Waals surface area contributed by atoms with Crippen LogP contribution in [0, 0.1) is 34.1 Å². The molecule has 0 aliphatic heterocycles. The van der Waals surface area contributed by atoms with Crippen molar-refractivity contribution in [3.63, 3.8) is 0 Å². The summed E-state index contributed by atoms with van der Waals surface area (Å²) in [4.78, 5) is 68.4. The summed E-state index contributed by atoms with van der Waals surface area (Å²) < 4.78 is 29.6. The standard InChI is InChI=1S/C14H20N2O7.C7H11NO5.C7H9NO2.2CH4/c1-5-22-12(11(16(19)20)14(18)23-6-2)15-8-7-9(3)10(15)13(17)21-4;1-3-12-5-6(8(10)11)7(9)13-4-2;1-5-3-4-8-6(5)7(9)10-2;;/h7-8,11-12H,5-6H2,1-4H3;5H,3-4H2,1-2H3;3-4,8H,1-2H3;2*1H4/b;6-5-;;;. The molecule has 0 fully saturated rings. The molecule has 2 aromatic heterocycles.